The molecule has 0 unspecified atom stereocenters. The Labute approximate surface area is 123 Å². The van der Waals surface area contributed by atoms with Gasteiger partial charge in [0.1, 0.15) is 10.7 Å². The van der Waals surface area contributed by atoms with Crippen LogP contribution in [0.25, 0.3) is 0 Å². The van der Waals surface area contributed by atoms with Crippen molar-refractivity contribution in [2.24, 2.45) is 0 Å². The highest BCUT2D eigenvalue weighted by atomic mass is 79.9. The Morgan fingerprint density at radius 1 is 1.47 bits per heavy atom. The van der Waals surface area contributed by atoms with Crippen molar-refractivity contribution in [3.05, 3.63) is 33.4 Å². The van der Waals surface area contributed by atoms with Gasteiger partial charge < -0.3 is 5.73 Å². The summed E-state index contributed by atoms with van der Waals surface area (Å²) in [6.45, 7) is 1.72. The lowest BCUT2D eigenvalue weighted by Gasteiger charge is -2.10. The number of rotatable bonds is 3. The van der Waals surface area contributed by atoms with Crippen LogP contribution in [0, 0.1) is 6.92 Å². The predicted octanol–water partition coefficient (Wildman–Crippen LogP) is 2.52. The monoisotopic (exact) mass is 364 g/mol. The molecule has 0 fully saturated rings. The first-order valence-corrected chi connectivity index (χ1v) is 7.74. The summed E-state index contributed by atoms with van der Waals surface area (Å²) in [6, 6.07) is 2.78. The maximum absolute atomic E-state index is 12.3. The number of nitrogen functional groups attached to an aromatic ring is 1. The number of nitrogens with two attached hydrogens (primary N) is 1. The van der Waals surface area contributed by atoms with Crippen LogP contribution in [0.2, 0.25) is 5.02 Å². The molecule has 0 radical (unpaired) electrons. The van der Waals surface area contributed by atoms with Gasteiger partial charge in [0.2, 0.25) is 0 Å². The van der Waals surface area contributed by atoms with E-state index < -0.39 is 10.0 Å². The molecule has 0 saturated heterocycles. The summed E-state index contributed by atoms with van der Waals surface area (Å²) in [5.74, 6) is 0.297. The largest absolute Gasteiger partial charge is 0.398 e. The van der Waals surface area contributed by atoms with E-state index in [1.807, 2.05) is 0 Å². The number of nitrogens with zero attached hydrogens (tertiary/aromatic N) is 1. The number of aromatic amines is 1. The molecule has 9 heteroatoms. The van der Waals surface area contributed by atoms with Crippen molar-refractivity contribution < 1.29 is 8.42 Å². The minimum Gasteiger partial charge on any atom is -0.398 e. The maximum atomic E-state index is 12.3. The van der Waals surface area contributed by atoms with Crippen molar-refractivity contribution in [1.29, 1.82) is 0 Å². The zero-order valence-corrected chi connectivity index (χ0v) is 12.9. The van der Waals surface area contributed by atoms with Crippen molar-refractivity contribution in [1.82, 2.24) is 10.2 Å². The molecule has 0 saturated carbocycles. The maximum Gasteiger partial charge on any atom is 0.264 e. The Morgan fingerprint density at radius 3 is 2.74 bits per heavy atom. The molecular formula is C10H10BrClN4O2S. The van der Waals surface area contributed by atoms with Crippen molar-refractivity contribution in [3.8, 4) is 0 Å². The number of benzene rings is 1. The summed E-state index contributed by atoms with van der Waals surface area (Å²) in [5, 5.41) is 6.54. The van der Waals surface area contributed by atoms with E-state index in [1.54, 1.807) is 6.92 Å². The van der Waals surface area contributed by atoms with Gasteiger partial charge in [-0.05, 0) is 35.0 Å². The molecule has 0 amide bonds. The molecule has 19 heavy (non-hydrogen) atoms. The number of hydrogen-bond acceptors (Lipinski definition) is 4. The van der Waals surface area contributed by atoms with Crippen LogP contribution < -0.4 is 10.5 Å². The van der Waals surface area contributed by atoms with Crippen LogP contribution in [0.15, 0.2) is 27.7 Å². The summed E-state index contributed by atoms with van der Waals surface area (Å²) in [7, 11) is -3.81. The van der Waals surface area contributed by atoms with E-state index in [9.17, 15) is 8.42 Å². The van der Waals surface area contributed by atoms with Gasteiger partial charge in [0.25, 0.3) is 10.0 Å². The van der Waals surface area contributed by atoms with Gasteiger partial charge >= 0.3 is 0 Å². The zero-order chi connectivity index (χ0) is 14.2. The van der Waals surface area contributed by atoms with E-state index in [0.717, 1.165) is 0 Å². The number of sulfonamides is 1. The first-order chi connectivity index (χ1) is 8.81. The van der Waals surface area contributed by atoms with Gasteiger partial charge in [-0.3, -0.25) is 9.82 Å². The number of H-pyrrole nitrogens is 1. The van der Waals surface area contributed by atoms with Crippen molar-refractivity contribution in [2.45, 2.75) is 11.8 Å². The van der Waals surface area contributed by atoms with Crippen LogP contribution in [0.3, 0.4) is 0 Å². The SMILES string of the molecule is Cc1cn[nH]c1NS(=O)(=O)c1cc(Cl)cc(N)c1Br. The van der Waals surface area contributed by atoms with Crippen LogP contribution in [0.1, 0.15) is 5.56 Å². The van der Waals surface area contributed by atoms with Gasteiger partial charge in [-0.1, -0.05) is 11.6 Å². The Balaban J connectivity index is 2.49. The van der Waals surface area contributed by atoms with E-state index >= 15 is 0 Å². The fourth-order valence-electron chi connectivity index (χ4n) is 1.42. The van der Waals surface area contributed by atoms with E-state index in [1.165, 1.54) is 18.3 Å². The predicted molar refractivity (Wildman–Crippen MR) is 77.7 cm³/mol. The van der Waals surface area contributed by atoms with E-state index in [-0.39, 0.29) is 20.1 Å². The number of hydrogen-bond donors (Lipinski definition) is 3. The lowest BCUT2D eigenvalue weighted by Crippen LogP contribution is -2.15. The summed E-state index contributed by atoms with van der Waals surface area (Å²) >= 11 is 8.97. The minimum atomic E-state index is -3.81. The topological polar surface area (TPSA) is 101 Å². The third-order valence-electron chi connectivity index (χ3n) is 2.39. The number of aromatic nitrogens is 2. The molecule has 0 bridgehead atoms. The molecule has 102 valence electrons. The molecule has 1 heterocycles. The number of nitrogens with one attached hydrogen (secondary N) is 2. The third kappa shape index (κ3) is 2.85. The number of halogens is 2. The smallest absolute Gasteiger partial charge is 0.264 e. The Hall–Kier alpha value is -1.25. The van der Waals surface area contributed by atoms with Crippen molar-refractivity contribution in [3.63, 3.8) is 0 Å². The lowest BCUT2D eigenvalue weighted by atomic mass is 10.3. The van der Waals surface area contributed by atoms with Gasteiger partial charge in [-0.25, -0.2) is 8.42 Å². The molecule has 1 aromatic carbocycles. The summed E-state index contributed by atoms with van der Waals surface area (Å²) in [6.07, 6.45) is 1.51. The van der Waals surface area contributed by atoms with Gasteiger partial charge in [0.15, 0.2) is 0 Å². The van der Waals surface area contributed by atoms with E-state index in [2.05, 4.69) is 30.8 Å². The van der Waals surface area contributed by atoms with Gasteiger partial charge in [-0.15, -0.1) is 0 Å². The van der Waals surface area contributed by atoms with Crippen LogP contribution in [-0.2, 0) is 10.0 Å². The van der Waals surface area contributed by atoms with E-state index in [0.29, 0.717) is 11.4 Å². The second kappa shape index (κ2) is 5.03. The molecule has 4 N–H and O–H groups in total. The first kappa shape index (κ1) is 14.2. The molecule has 0 aliphatic rings. The average molecular weight is 366 g/mol. The molecule has 1 aromatic heterocycles. The summed E-state index contributed by atoms with van der Waals surface area (Å²) in [4.78, 5) is -0.0356. The third-order valence-corrected chi connectivity index (χ3v) is 5.13. The fraction of sp³-hybridized carbons (Fsp3) is 0.100. The average Bonchev–Trinajstić information content (AvgIpc) is 2.69. The molecule has 0 spiro atoms. The van der Waals surface area contributed by atoms with Crippen LogP contribution in [0.5, 0.6) is 0 Å². The summed E-state index contributed by atoms with van der Waals surface area (Å²) < 4.78 is 27.2. The minimum absolute atomic E-state index is 0.0356. The molecule has 2 rings (SSSR count). The molecular weight excluding hydrogens is 356 g/mol. The van der Waals surface area contributed by atoms with Gasteiger partial charge in [-0.2, -0.15) is 5.10 Å². The fourth-order valence-corrected chi connectivity index (χ4v) is 3.80. The molecule has 6 nitrogen and oxygen atoms in total. The van der Waals surface area contributed by atoms with Crippen LogP contribution in [-0.4, -0.2) is 18.6 Å². The molecule has 0 aliphatic carbocycles. The molecule has 2 aromatic rings. The van der Waals surface area contributed by atoms with Gasteiger partial charge in [0.05, 0.1) is 10.7 Å². The second-order valence-corrected chi connectivity index (χ2v) is 6.72. The number of aryl methyl sites for hydroxylation is 1. The highest BCUT2D eigenvalue weighted by Crippen LogP contribution is 2.32. The van der Waals surface area contributed by atoms with Gasteiger partial charge in [0, 0.05) is 16.3 Å². The zero-order valence-electron chi connectivity index (χ0n) is 9.74. The van der Waals surface area contributed by atoms with Crippen molar-refractivity contribution in [2.75, 3.05) is 10.5 Å². The van der Waals surface area contributed by atoms with E-state index in [4.69, 9.17) is 17.3 Å². The van der Waals surface area contributed by atoms with Crippen LogP contribution >= 0.6 is 27.5 Å². The molecule has 0 atom stereocenters. The Morgan fingerprint density at radius 2 is 2.16 bits per heavy atom. The first-order valence-electron chi connectivity index (χ1n) is 5.08. The second-order valence-electron chi connectivity index (χ2n) is 3.84. The van der Waals surface area contributed by atoms with Crippen LogP contribution in [0.4, 0.5) is 11.5 Å². The highest BCUT2D eigenvalue weighted by molar-refractivity contribution is 9.10. The molecule has 0 aliphatic heterocycles. The normalized spacial score (nSPS) is 11.5. The van der Waals surface area contributed by atoms with Crippen molar-refractivity contribution >= 4 is 49.1 Å². The summed E-state index contributed by atoms with van der Waals surface area (Å²) in [5.41, 5.74) is 6.60. The Bertz CT molecular complexity index is 729. The Kier molecular flexibility index (Phi) is 3.75. The number of anilines is 2. The highest BCUT2D eigenvalue weighted by Gasteiger charge is 2.21. The quantitative estimate of drug-likeness (QED) is 0.727. The standard InChI is InChI=1S/C10H10BrClN4O2S/c1-5-4-14-15-10(5)16-19(17,18)8-3-6(12)2-7(13)9(8)11/h2-4H,13H2,1H3,(H2,14,15,16). The lowest BCUT2D eigenvalue weighted by molar-refractivity contribution is 0.600.